The normalized spacial score (nSPS) is 17.4. The van der Waals surface area contributed by atoms with E-state index in [0.29, 0.717) is 13.1 Å². The van der Waals surface area contributed by atoms with Crippen molar-refractivity contribution >= 4 is 45.3 Å². The Labute approximate surface area is 141 Å². The second kappa shape index (κ2) is 6.09. The van der Waals surface area contributed by atoms with Gasteiger partial charge >= 0.3 is 6.03 Å². The molecule has 0 radical (unpaired) electrons. The van der Waals surface area contributed by atoms with Crippen LogP contribution in [0.3, 0.4) is 0 Å². The van der Waals surface area contributed by atoms with Crippen molar-refractivity contribution in [2.75, 3.05) is 18.8 Å². The van der Waals surface area contributed by atoms with Gasteiger partial charge in [-0.25, -0.2) is 14.8 Å². The molecule has 120 valence electrons. The topological polar surface area (TPSA) is 75.2 Å². The van der Waals surface area contributed by atoms with Gasteiger partial charge in [0.1, 0.15) is 16.2 Å². The molecule has 3 heterocycles. The number of amides is 3. The summed E-state index contributed by atoms with van der Waals surface area (Å²) in [6, 6.07) is -0.295. The number of fused-ring (bicyclic) bond motifs is 3. The smallest absolute Gasteiger partial charge is 0.324 e. The van der Waals surface area contributed by atoms with Crippen LogP contribution >= 0.6 is 23.1 Å². The summed E-state index contributed by atoms with van der Waals surface area (Å²) in [7, 11) is 0. The number of aryl methyl sites for hydroxylation is 2. The zero-order chi connectivity index (χ0) is 15.8. The molecule has 6 nitrogen and oxygen atoms in total. The minimum atomic E-state index is -0.295. The molecule has 0 saturated carbocycles. The minimum Gasteiger partial charge on any atom is -0.336 e. The van der Waals surface area contributed by atoms with Gasteiger partial charge in [0.2, 0.25) is 5.91 Å². The number of urea groups is 1. The Morgan fingerprint density at radius 1 is 1.35 bits per heavy atom. The maximum absolute atomic E-state index is 12.2. The number of carbonyl (C=O) groups is 2. The third-order valence-electron chi connectivity index (χ3n) is 4.21. The molecule has 2 aromatic heterocycles. The molecule has 23 heavy (non-hydrogen) atoms. The molecule has 0 spiro atoms. The van der Waals surface area contributed by atoms with Crippen molar-refractivity contribution in [2.24, 2.45) is 0 Å². The number of rotatable bonds is 3. The minimum absolute atomic E-state index is 0.166. The molecule has 1 saturated heterocycles. The van der Waals surface area contributed by atoms with Crippen molar-refractivity contribution in [1.82, 2.24) is 20.2 Å². The standard InChI is InChI=1S/C15H16N4O2S2/c20-11(19-6-5-16-15(19)21)7-22-13-12-9-3-1-2-4-10(9)23-14(12)18-8-17-13/h8H,1-7H2,(H,16,21). The number of nitrogens with one attached hydrogen (secondary N) is 1. The molecule has 2 aliphatic rings. The van der Waals surface area contributed by atoms with Crippen LogP contribution in [0.2, 0.25) is 0 Å². The van der Waals surface area contributed by atoms with E-state index in [2.05, 4.69) is 15.3 Å². The third kappa shape index (κ3) is 2.70. The van der Waals surface area contributed by atoms with Gasteiger partial charge in [0.05, 0.1) is 5.75 Å². The Morgan fingerprint density at radius 2 is 2.22 bits per heavy atom. The van der Waals surface area contributed by atoms with Gasteiger partial charge in [0.15, 0.2) is 0 Å². The fourth-order valence-electron chi connectivity index (χ4n) is 3.09. The Kier molecular flexibility index (Phi) is 3.94. The zero-order valence-electron chi connectivity index (χ0n) is 12.5. The van der Waals surface area contributed by atoms with E-state index in [9.17, 15) is 9.59 Å². The van der Waals surface area contributed by atoms with Crippen LogP contribution in [0.5, 0.6) is 0 Å². The number of nitrogens with zero attached hydrogens (tertiary/aromatic N) is 3. The quantitative estimate of drug-likeness (QED) is 0.680. The van der Waals surface area contributed by atoms with Crippen LogP contribution in [0.1, 0.15) is 23.3 Å². The molecular formula is C15H16N4O2S2. The average molecular weight is 348 g/mol. The summed E-state index contributed by atoms with van der Waals surface area (Å²) in [5.74, 6) is 0.0605. The van der Waals surface area contributed by atoms with E-state index in [1.54, 1.807) is 17.7 Å². The first kappa shape index (κ1) is 14.9. The van der Waals surface area contributed by atoms with Crippen molar-refractivity contribution in [2.45, 2.75) is 30.7 Å². The maximum Gasteiger partial charge on any atom is 0.324 e. The molecule has 0 bridgehead atoms. The molecule has 3 amide bonds. The van der Waals surface area contributed by atoms with Crippen molar-refractivity contribution in [3.63, 3.8) is 0 Å². The largest absolute Gasteiger partial charge is 0.336 e. The molecule has 0 aromatic carbocycles. The van der Waals surface area contributed by atoms with Gasteiger partial charge in [-0.15, -0.1) is 11.3 Å². The number of hydrogen-bond acceptors (Lipinski definition) is 6. The second-order valence-corrected chi connectivity index (χ2v) is 7.68. The summed E-state index contributed by atoms with van der Waals surface area (Å²) in [6.07, 6.45) is 6.19. The molecule has 1 N–H and O–H groups in total. The summed E-state index contributed by atoms with van der Waals surface area (Å²) in [6.45, 7) is 0.982. The molecule has 1 fully saturated rings. The Bertz CT molecular complexity index is 789. The van der Waals surface area contributed by atoms with E-state index in [1.165, 1.54) is 39.9 Å². The summed E-state index contributed by atoms with van der Waals surface area (Å²) in [4.78, 5) is 36.2. The van der Waals surface area contributed by atoms with E-state index < -0.39 is 0 Å². The van der Waals surface area contributed by atoms with Gasteiger partial charge in [-0.2, -0.15) is 0 Å². The highest BCUT2D eigenvalue weighted by Gasteiger charge is 2.27. The number of thiophene rings is 1. The van der Waals surface area contributed by atoms with Crippen LogP contribution < -0.4 is 5.32 Å². The van der Waals surface area contributed by atoms with E-state index >= 15 is 0 Å². The van der Waals surface area contributed by atoms with Crippen LogP contribution in [0.15, 0.2) is 11.4 Å². The van der Waals surface area contributed by atoms with Crippen molar-refractivity contribution in [3.05, 3.63) is 16.8 Å². The van der Waals surface area contributed by atoms with Crippen LogP contribution in [0, 0.1) is 0 Å². The summed E-state index contributed by atoms with van der Waals surface area (Å²) in [5, 5.41) is 4.63. The molecule has 0 unspecified atom stereocenters. The maximum atomic E-state index is 12.2. The van der Waals surface area contributed by atoms with Gasteiger partial charge in [-0.1, -0.05) is 11.8 Å². The van der Waals surface area contributed by atoms with Gasteiger partial charge in [0, 0.05) is 23.4 Å². The number of thioether (sulfide) groups is 1. The van der Waals surface area contributed by atoms with E-state index in [1.807, 2.05) is 0 Å². The highest BCUT2D eigenvalue weighted by Crippen LogP contribution is 2.39. The van der Waals surface area contributed by atoms with Crippen LogP contribution in [-0.4, -0.2) is 45.6 Å². The van der Waals surface area contributed by atoms with E-state index in [0.717, 1.165) is 28.1 Å². The molecular weight excluding hydrogens is 332 g/mol. The lowest BCUT2D eigenvalue weighted by Crippen LogP contribution is -2.35. The van der Waals surface area contributed by atoms with Gasteiger partial charge < -0.3 is 5.32 Å². The SMILES string of the molecule is O=C(CSc1ncnc2sc3c(c12)CCCC3)N1CCNC1=O. The Morgan fingerprint density at radius 3 is 3.04 bits per heavy atom. The number of hydrogen-bond donors (Lipinski definition) is 1. The molecule has 4 rings (SSSR count). The van der Waals surface area contributed by atoms with Crippen molar-refractivity contribution in [3.8, 4) is 0 Å². The lowest BCUT2D eigenvalue weighted by Gasteiger charge is -2.13. The fraction of sp³-hybridized carbons (Fsp3) is 0.467. The van der Waals surface area contributed by atoms with Crippen LogP contribution in [-0.2, 0) is 17.6 Å². The zero-order valence-corrected chi connectivity index (χ0v) is 14.1. The predicted molar refractivity (Wildman–Crippen MR) is 89.9 cm³/mol. The highest BCUT2D eigenvalue weighted by atomic mass is 32.2. The number of imide groups is 1. The highest BCUT2D eigenvalue weighted by molar-refractivity contribution is 8.00. The van der Waals surface area contributed by atoms with Gasteiger partial charge in [-0.3, -0.25) is 9.69 Å². The van der Waals surface area contributed by atoms with Crippen LogP contribution in [0.25, 0.3) is 10.2 Å². The van der Waals surface area contributed by atoms with Gasteiger partial charge in [0.25, 0.3) is 0 Å². The monoisotopic (exact) mass is 348 g/mol. The van der Waals surface area contributed by atoms with Gasteiger partial charge in [-0.05, 0) is 31.2 Å². The first-order chi connectivity index (χ1) is 11.2. The average Bonchev–Trinajstić information content (AvgIpc) is 3.16. The summed E-state index contributed by atoms with van der Waals surface area (Å²) >= 11 is 3.16. The Hall–Kier alpha value is -1.67. The summed E-state index contributed by atoms with van der Waals surface area (Å²) in [5.41, 5.74) is 1.37. The van der Waals surface area contributed by atoms with E-state index in [4.69, 9.17) is 0 Å². The molecule has 1 aliphatic carbocycles. The lowest BCUT2D eigenvalue weighted by atomic mass is 9.97. The lowest BCUT2D eigenvalue weighted by molar-refractivity contribution is -0.124. The van der Waals surface area contributed by atoms with Crippen molar-refractivity contribution < 1.29 is 9.59 Å². The molecule has 0 atom stereocenters. The predicted octanol–water partition coefficient (Wildman–Crippen LogP) is 2.21. The third-order valence-corrected chi connectivity index (χ3v) is 6.38. The number of aromatic nitrogens is 2. The first-order valence-corrected chi connectivity index (χ1v) is 9.50. The number of carbonyl (C=O) groups excluding carboxylic acids is 2. The van der Waals surface area contributed by atoms with Crippen molar-refractivity contribution in [1.29, 1.82) is 0 Å². The second-order valence-electron chi connectivity index (χ2n) is 5.64. The van der Waals surface area contributed by atoms with Crippen LogP contribution in [0.4, 0.5) is 4.79 Å². The van der Waals surface area contributed by atoms with E-state index in [-0.39, 0.29) is 17.7 Å². The molecule has 8 heteroatoms. The first-order valence-electron chi connectivity index (χ1n) is 7.70. The fourth-order valence-corrected chi connectivity index (χ4v) is 5.28. The molecule has 1 aliphatic heterocycles. The summed E-state index contributed by atoms with van der Waals surface area (Å²) < 4.78 is 0. The molecule has 2 aromatic rings. The Balaban J connectivity index is 1.58.